The predicted molar refractivity (Wildman–Crippen MR) is 61.4 cm³/mol. The molecule has 0 aliphatic rings. The van der Waals surface area contributed by atoms with E-state index in [4.69, 9.17) is 16.3 Å². The zero-order chi connectivity index (χ0) is 11.3. The monoisotopic (exact) mass is 228 g/mol. The molecule has 0 aliphatic carbocycles. The first-order chi connectivity index (χ1) is 7.11. The van der Waals surface area contributed by atoms with Gasteiger partial charge in [0.1, 0.15) is 11.0 Å². The summed E-state index contributed by atoms with van der Waals surface area (Å²) in [4.78, 5) is 8.30. The third-order valence-electron chi connectivity index (χ3n) is 1.98. The topological polar surface area (TPSA) is 35.0 Å². The van der Waals surface area contributed by atoms with Gasteiger partial charge in [0, 0.05) is 12.5 Å². The van der Waals surface area contributed by atoms with Crippen molar-refractivity contribution in [1.82, 2.24) is 9.97 Å². The Kier molecular flexibility index (Phi) is 4.82. The molecule has 84 valence electrons. The highest BCUT2D eigenvalue weighted by Crippen LogP contribution is 2.14. The standard InChI is InChI=1S/C11H17ClN2O/c1-4-10-13-9(12)7-11(14-10)15-6-5-8(2)3/h7-8H,4-6H2,1-3H3. The van der Waals surface area contributed by atoms with Gasteiger partial charge < -0.3 is 4.74 Å². The van der Waals surface area contributed by atoms with Crippen molar-refractivity contribution in [3.63, 3.8) is 0 Å². The van der Waals surface area contributed by atoms with Gasteiger partial charge in [-0.1, -0.05) is 32.4 Å². The molecule has 4 heteroatoms. The van der Waals surface area contributed by atoms with Crippen LogP contribution in [0.1, 0.15) is 33.0 Å². The molecule has 0 spiro atoms. The van der Waals surface area contributed by atoms with Crippen LogP contribution in [0.2, 0.25) is 5.15 Å². The predicted octanol–water partition coefficient (Wildman–Crippen LogP) is 3.12. The van der Waals surface area contributed by atoms with Crippen LogP contribution < -0.4 is 4.74 Å². The molecule has 0 unspecified atom stereocenters. The Hall–Kier alpha value is -0.830. The third-order valence-corrected chi connectivity index (χ3v) is 2.17. The quantitative estimate of drug-likeness (QED) is 0.727. The fraction of sp³-hybridized carbons (Fsp3) is 0.636. The van der Waals surface area contributed by atoms with Crippen LogP contribution in [0.25, 0.3) is 0 Å². The minimum atomic E-state index is 0.446. The maximum Gasteiger partial charge on any atom is 0.218 e. The summed E-state index contributed by atoms with van der Waals surface area (Å²) in [5.74, 6) is 1.93. The van der Waals surface area contributed by atoms with Gasteiger partial charge in [0.2, 0.25) is 5.88 Å². The van der Waals surface area contributed by atoms with E-state index in [9.17, 15) is 0 Å². The molecular weight excluding hydrogens is 212 g/mol. The summed E-state index contributed by atoms with van der Waals surface area (Å²) < 4.78 is 5.50. The van der Waals surface area contributed by atoms with E-state index >= 15 is 0 Å². The number of ether oxygens (including phenoxy) is 1. The molecule has 0 aliphatic heterocycles. The number of aromatic nitrogens is 2. The molecule has 0 aromatic carbocycles. The summed E-state index contributed by atoms with van der Waals surface area (Å²) in [5, 5.41) is 0.446. The molecule has 0 N–H and O–H groups in total. The van der Waals surface area contributed by atoms with E-state index < -0.39 is 0 Å². The van der Waals surface area contributed by atoms with Gasteiger partial charge >= 0.3 is 0 Å². The Balaban J connectivity index is 2.56. The average Bonchev–Trinajstić information content (AvgIpc) is 2.16. The van der Waals surface area contributed by atoms with Crippen molar-refractivity contribution < 1.29 is 4.74 Å². The van der Waals surface area contributed by atoms with Gasteiger partial charge in [-0.05, 0) is 12.3 Å². The third kappa shape index (κ3) is 4.47. The van der Waals surface area contributed by atoms with Crippen molar-refractivity contribution in [2.45, 2.75) is 33.6 Å². The van der Waals surface area contributed by atoms with Crippen LogP contribution in [0.5, 0.6) is 5.88 Å². The molecule has 1 heterocycles. The van der Waals surface area contributed by atoms with E-state index in [2.05, 4.69) is 23.8 Å². The highest BCUT2D eigenvalue weighted by molar-refractivity contribution is 6.29. The lowest BCUT2D eigenvalue weighted by atomic mass is 10.1. The van der Waals surface area contributed by atoms with Crippen LogP contribution in [0.4, 0.5) is 0 Å². The van der Waals surface area contributed by atoms with Crippen molar-refractivity contribution in [1.29, 1.82) is 0 Å². The molecule has 15 heavy (non-hydrogen) atoms. The maximum absolute atomic E-state index is 5.84. The number of aryl methyl sites for hydroxylation is 1. The van der Waals surface area contributed by atoms with Gasteiger partial charge in [0.25, 0.3) is 0 Å². The molecule has 0 bridgehead atoms. The number of hydrogen-bond acceptors (Lipinski definition) is 3. The highest BCUT2D eigenvalue weighted by Gasteiger charge is 2.03. The fourth-order valence-electron chi connectivity index (χ4n) is 1.07. The molecule has 0 fully saturated rings. The van der Waals surface area contributed by atoms with Crippen LogP contribution in [0, 0.1) is 5.92 Å². The summed E-state index contributed by atoms with van der Waals surface area (Å²) in [7, 11) is 0. The minimum Gasteiger partial charge on any atom is -0.478 e. The minimum absolute atomic E-state index is 0.446. The van der Waals surface area contributed by atoms with E-state index in [0.29, 0.717) is 23.6 Å². The Labute approximate surface area is 95.8 Å². The summed E-state index contributed by atoms with van der Waals surface area (Å²) in [6.07, 6.45) is 1.78. The van der Waals surface area contributed by atoms with Crippen LogP contribution in [-0.2, 0) is 6.42 Å². The van der Waals surface area contributed by atoms with Crippen molar-refractivity contribution in [2.24, 2.45) is 5.92 Å². The van der Waals surface area contributed by atoms with E-state index in [1.807, 2.05) is 6.92 Å². The second-order valence-corrected chi connectivity index (χ2v) is 4.22. The van der Waals surface area contributed by atoms with Gasteiger partial charge in [-0.2, -0.15) is 4.98 Å². The SMILES string of the molecule is CCc1nc(Cl)cc(OCCC(C)C)n1. The van der Waals surface area contributed by atoms with Crippen molar-refractivity contribution >= 4 is 11.6 Å². The Morgan fingerprint density at radius 3 is 2.73 bits per heavy atom. The Morgan fingerprint density at radius 1 is 1.40 bits per heavy atom. The van der Waals surface area contributed by atoms with Crippen molar-refractivity contribution in [2.75, 3.05) is 6.61 Å². The molecule has 0 amide bonds. The number of rotatable bonds is 5. The second kappa shape index (κ2) is 5.91. The van der Waals surface area contributed by atoms with Gasteiger partial charge in [-0.25, -0.2) is 4.98 Å². The molecule has 1 rings (SSSR count). The summed E-state index contributed by atoms with van der Waals surface area (Å²) in [6.45, 7) is 6.99. The number of hydrogen-bond donors (Lipinski definition) is 0. The molecule has 3 nitrogen and oxygen atoms in total. The average molecular weight is 229 g/mol. The molecule has 0 saturated carbocycles. The fourth-order valence-corrected chi connectivity index (χ4v) is 1.26. The lowest BCUT2D eigenvalue weighted by Gasteiger charge is -2.08. The first-order valence-electron chi connectivity index (χ1n) is 5.28. The zero-order valence-corrected chi connectivity index (χ0v) is 10.2. The molecule has 0 atom stereocenters. The summed E-state index contributed by atoms with van der Waals surface area (Å²) >= 11 is 5.84. The molecular formula is C11H17ClN2O. The second-order valence-electron chi connectivity index (χ2n) is 3.83. The lowest BCUT2D eigenvalue weighted by molar-refractivity contribution is 0.278. The number of nitrogens with zero attached hydrogens (tertiary/aromatic N) is 2. The molecule has 0 saturated heterocycles. The zero-order valence-electron chi connectivity index (χ0n) is 9.46. The van der Waals surface area contributed by atoms with E-state index in [1.165, 1.54) is 0 Å². The van der Waals surface area contributed by atoms with Crippen LogP contribution in [-0.4, -0.2) is 16.6 Å². The van der Waals surface area contributed by atoms with Crippen LogP contribution >= 0.6 is 11.6 Å². The maximum atomic E-state index is 5.84. The Bertz CT molecular complexity index is 315. The molecule has 1 aromatic heterocycles. The van der Waals surface area contributed by atoms with E-state index in [1.54, 1.807) is 6.07 Å². The van der Waals surface area contributed by atoms with E-state index in [-0.39, 0.29) is 0 Å². The first kappa shape index (κ1) is 12.2. The normalized spacial score (nSPS) is 10.7. The number of halogens is 1. The highest BCUT2D eigenvalue weighted by atomic mass is 35.5. The summed E-state index contributed by atoms with van der Waals surface area (Å²) in [6, 6.07) is 1.65. The molecule has 1 aromatic rings. The van der Waals surface area contributed by atoms with Gasteiger partial charge in [-0.3, -0.25) is 0 Å². The lowest BCUT2D eigenvalue weighted by Crippen LogP contribution is -2.04. The van der Waals surface area contributed by atoms with Crippen LogP contribution in [0.15, 0.2) is 6.07 Å². The Morgan fingerprint density at radius 2 is 2.13 bits per heavy atom. The van der Waals surface area contributed by atoms with Crippen molar-refractivity contribution in [3.8, 4) is 5.88 Å². The van der Waals surface area contributed by atoms with Gasteiger partial charge in [-0.15, -0.1) is 0 Å². The van der Waals surface area contributed by atoms with E-state index in [0.717, 1.165) is 18.7 Å². The smallest absolute Gasteiger partial charge is 0.218 e. The van der Waals surface area contributed by atoms with Gasteiger partial charge in [0.15, 0.2) is 0 Å². The largest absolute Gasteiger partial charge is 0.478 e. The van der Waals surface area contributed by atoms with Crippen LogP contribution in [0.3, 0.4) is 0 Å². The summed E-state index contributed by atoms with van der Waals surface area (Å²) in [5.41, 5.74) is 0. The molecule has 0 radical (unpaired) electrons. The van der Waals surface area contributed by atoms with Crippen molar-refractivity contribution in [3.05, 3.63) is 17.0 Å². The first-order valence-corrected chi connectivity index (χ1v) is 5.66. The van der Waals surface area contributed by atoms with Gasteiger partial charge in [0.05, 0.1) is 6.61 Å².